The van der Waals surface area contributed by atoms with E-state index in [0.717, 1.165) is 11.5 Å². The van der Waals surface area contributed by atoms with Crippen molar-refractivity contribution in [3.05, 3.63) is 297 Å². The summed E-state index contributed by atoms with van der Waals surface area (Å²) in [5.41, 5.74) is 19.4. The van der Waals surface area contributed by atoms with Crippen molar-refractivity contribution in [3.63, 3.8) is 0 Å². The molecule has 336 valence electrons. The molecule has 0 bridgehead atoms. The van der Waals surface area contributed by atoms with Crippen LogP contribution < -0.4 is 4.74 Å². The van der Waals surface area contributed by atoms with Crippen LogP contribution >= 0.6 is 0 Å². The maximum absolute atomic E-state index is 6.85. The van der Waals surface area contributed by atoms with Crippen LogP contribution in [0.15, 0.2) is 231 Å². The maximum Gasteiger partial charge on any atom is 0.127 e. The molecule has 0 heterocycles. The van der Waals surface area contributed by atoms with Crippen LogP contribution in [0.25, 0.3) is 65.3 Å². The molecule has 2 unspecified atom stereocenters. The maximum atomic E-state index is 6.85. The highest BCUT2D eigenvalue weighted by Crippen LogP contribution is 2.59. The monoisotopic (exact) mass is 906 g/mol. The van der Waals surface area contributed by atoms with Crippen LogP contribution in [0.3, 0.4) is 0 Å². The molecule has 0 N–H and O–H groups in total. The first-order valence-electron chi connectivity index (χ1n) is 25.0. The van der Waals surface area contributed by atoms with E-state index in [4.69, 9.17) is 4.74 Å². The largest absolute Gasteiger partial charge is 0.457 e. The van der Waals surface area contributed by atoms with Crippen molar-refractivity contribution >= 4 is 43.1 Å². The molecule has 0 amide bonds. The molecule has 0 aromatic heterocycles. The van der Waals surface area contributed by atoms with Gasteiger partial charge in [0.25, 0.3) is 0 Å². The van der Waals surface area contributed by atoms with Crippen LogP contribution in [0.2, 0.25) is 0 Å². The minimum atomic E-state index is -0.559. The standard InChI is InChI=1S/C70H50O/c1-43-21-23-51-37-55(29-35-59(51)45(43)3)69(65-19-11-9-17-61(65)63-39-47-13-5-7-15-49(47)41-67(63)69)53-25-31-57(32-26-53)71-58-33-27-54(28-34-58)70(56-30-36-60-46(4)44(2)22-24-52(60)38-56)66-20-12-10-18-62(66)64-40-48-14-6-8-16-50(48)42-68(64)70/h5-42H,1-4H3. The minimum Gasteiger partial charge on any atom is -0.457 e. The van der Waals surface area contributed by atoms with Crippen molar-refractivity contribution in [1.82, 2.24) is 0 Å². The normalized spacial score (nSPS) is 16.6. The summed E-state index contributed by atoms with van der Waals surface area (Å²) >= 11 is 0. The van der Waals surface area contributed by atoms with Crippen molar-refractivity contribution in [2.45, 2.75) is 38.5 Å². The van der Waals surface area contributed by atoms with E-state index in [2.05, 4.69) is 258 Å². The van der Waals surface area contributed by atoms with Crippen molar-refractivity contribution < 1.29 is 4.74 Å². The van der Waals surface area contributed by atoms with Crippen LogP contribution in [0, 0.1) is 27.7 Å². The first-order valence-corrected chi connectivity index (χ1v) is 25.0. The summed E-state index contributed by atoms with van der Waals surface area (Å²) in [6.45, 7) is 8.89. The van der Waals surface area contributed by atoms with Gasteiger partial charge in [-0.15, -0.1) is 0 Å². The molecule has 71 heavy (non-hydrogen) atoms. The van der Waals surface area contributed by atoms with Gasteiger partial charge in [-0.2, -0.15) is 0 Å². The molecule has 12 aromatic carbocycles. The van der Waals surface area contributed by atoms with Gasteiger partial charge in [-0.1, -0.05) is 170 Å². The molecular weight excluding hydrogens is 857 g/mol. The first-order chi connectivity index (χ1) is 34.8. The fourth-order valence-electron chi connectivity index (χ4n) is 12.8. The molecule has 0 spiro atoms. The van der Waals surface area contributed by atoms with E-state index in [1.54, 1.807) is 0 Å². The Bertz CT molecular complexity index is 3900. The second kappa shape index (κ2) is 15.5. The molecule has 1 heteroatoms. The Hall–Kier alpha value is -8.52. The topological polar surface area (TPSA) is 9.23 Å². The highest BCUT2D eigenvalue weighted by molar-refractivity contribution is 5.99. The third-order valence-corrected chi connectivity index (χ3v) is 16.6. The predicted molar refractivity (Wildman–Crippen MR) is 297 cm³/mol. The summed E-state index contributed by atoms with van der Waals surface area (Å²) in [5.74, 6) is 1.59. The average Bonchev–Trinajstić information content (AvgIpc) is 3.88. The van der Waals surface area contributed by atoms with Crippen molar-refractivity contribution in [3.8, 4) is 33.8 Å². The molecule has 2 aliphatic rings. The highest BCUT2D eigenvalue weighted by atomic mass is 16.5. The van der Waals surface area contributed by atoms with Crippen molar-refractivity contribution in [2.75, 3.05) is 0 Å². The van der Waals surface area contributed by atoms with Gasteiger partial charge in [0.1, 0.15) is 11.5 Å². The average molecular weight is 907 g/mol. The Morgan fingerprint density at radius 3 is 1.06 bits per heavy atom. The fraction of sp³-hybridized carbons (Fsp3) is 0.0857. The fourth-order valence-corrected chi connectivity index (χ4v) is 12.8. The summed E-state index contributed by atoms with van der Waals surface area (Å²) in [6.07, 6.45) is 0. The highest BCUT2D eigenvalue weighted by Gasteiger charge is 2.48. The van der Waals surface area contributed by atoms with E-state index in [0.29, 0.717) is 0 Å². The predicted octanol–water partition coefficient (Wildman–Crippen LogP) is 18.1. The summed E-state index contributed by atoms with van der Waals surface area (Å²) in [4.78, 5) is 0. The molecular formula is C70H50O. The third kappa shape index (κ3) is 5.93. The molecule has 2 aliphatic carbocycles. The lowest BCUT2D eigenvalue weighted by Crippen LogP contribution is -2.28. The zero-order valence-corrected chi connectivity index (χ0v) is 40.3. The summed E-state index contributed by atoms with van der Waals surface area (Å²) < 4.78 is 6.85. The van der Waals surface area contributed by atoms with E-state index in [9.17, 15) is 0 Å². The number of benzene rings is 12. The molecule has 0 fully saturated rings. The van der Waals surface area contributed by atoms with E-state index >= 15 is 0 Å². The van der Waals surface area contributed by atoms with Gasteiger partial charge in [-0.25, -0.2) is 0 Å². The number of aryl methyl sites for hydroxylation is 4. The Kier molecular flexibility index (Phi) is 9.05. The zero-order valence-electron chi connectivity index (χ0n) is 40.3. The van der Waals surface area contributed by atoms with E-state index in [-0.39, 0.29) is 0 Å². The van der Waals surface area contributed by atoms with Gasteiger partial charge in [0.2, 0.25) is 0 Å². The van der Waals surface area contributed by atoms with Crippen LogP contribution in [0.4, 0.5) is 0 Å². The lowest BCUT2D eigenvalue weighted by molar-refractivity contribution is 0.481. The lowest BCUT2D eigenvalue weighted by Gasteiger charge is -2.34. The lowest BCUT2D eigenvalue weighted by atomic mass is 9.67. The Balaban J connectivity index is 0.898. The summed E-state index contributed by atoms with van der Waals surface area (Å²) in [6, 6.07) is 86.5. The second-order valence-corrected chi connectivity index (χ2v) is 20.1. The van der Waals surface area contributed by atoms with Crippen LogP contribution in [0.1, 0.15) is 66.8 Å². The van der Waals surface area contributed by atoms with Crippen LogP contribution in [-0.4, -0.2) is 0 Å². The van der Waals surface area contributed by atoms with E-state index in [1.807, 2.05) is 0 Å². The van der Waals surface area contributed by atoms with Crippen LogP contribution in [-0.2, 0) is 10.8 Å². The molecule has 1 nitrogen and oxygen atoms in total. The number of hydrogen-bond donors (Lipinski definition) is 0. The molecule has 2 atom stereocenters. The quantitative estimate of drug-likeness (QED) is 0.162. The summed E-state index contributed by atoms with van der Waals surface area (Å²) in [5, 5.41) is 10.1. The number of fused-ring (bicyclic) bond motifs is 10. The van der Waals surface area contributed by atoms with Crippen molar-refractivity contribution in [1.29, 1.82) is 0 Å². The molecule has 0 saturated carbocycles. The minimum absolute atomic E-state index is 0.559. The van der Waals surface area contributed by atoms with Gasteiger partial charge in [0.05, 0.1) is 10.8 Å². The van der Waals surface area contributed by atoms with E-state index in [1.165, 1.54) is 132 Å². The van der Waals surface area contributed by atoms with Gasteiger partial charge < -0.3 is 4.74 Å². The van der Waals surface area contributed by atoms with Gasteiger partial charge in [0, 0.05) is 0 Å². The summed E-state index contributed by atoms with van der Waals surface area (Å²) in [7, 11) is 0. The Labute approximate surface area is 415 Å². The molecule has 14 rings (SSSR count). The number of ether oxygens (including phenoxy) is 1. The number of rotatable bonds is 6. The molecule has 12 aromatic rings. The molecule has 0 aliphatic heterocycles. The smallest absolute Gasteiger partial charge is 0.127 e. The Morgan fingerprint density at radius 2 is 0.634 bits per heavy atom. The second-order valence-electron chi connectivity index (χ2n) is 20.1. The van der Waals surface area contributed by atoms with Crippen molar-refractivity contribution in [2.24, 2.45) is 0 Å². The first kappa shape index (κ1) is 41.5. The van der Waals surface area contributed by atoms with Gasteiger partial charge in [-0.3, -0.25) is 0 Å². The van der Waals surface area contributed by atoms with Crippen LogP contribution in [0.5, 0.6) is 11.5 Å². The molecule has 0 radical (unpaired) electrons. The van der Waals surface area contributed by atoms with E-state index < -0.39 is 10.8 Å². The third-order valence-electron chi connectivity index (χ3n) is 16.6. The SMILES string of the molecule is Cc1ccc2cc(C3(c4ccc(Oc5ccc(C6(c7ccc8c(C)c(C)ccc8c7)c7ccccc7-c7cc8ccccc8cc76)cc5)cc4)c4ccccc4-c4cc5ccccc5cc43)ccc2c1C. The number of hydrogen-bond acceptors (Lipinski definition) is 1. The molecule has 0 saturated heterocycles. The van der Waals surface area contributed by atoms with Gasteiger partial charge in [-0.05, 0) is 220 Å². The van der Waals surface area contributed by atoms with Gasteiger partial charge in [0.15, 0.2) is 0 Å². The zero-order chi connectivity index (χ0) is 47.6. The Morgan fingerprint density at radius 1 is 0.268 bits per heavy atom. The van der Waals surface area contributed by atoms with Gasteiger partial charge >= 0.3 is 0 Å².